The van der Waals surface area contributed by atoms with Crippen LogP contribution < -0.4 is 5.32 Å². The molecule has 104 valence electrons. The fourth-order valence-corrected chi connectivity index (χ4v) is 1.84. The molecule has 1 amide bonds. The third kappa shape index (κ3) is 4.12. The summed E-state index contributed by atoms with van der Waals surface area (Å²) >= 11 is 0. The molecule has 0 unspecified atom stereocenters. The van der Waals surface area contributed by atoms with Crippen molar-refractivity contribution in [2.75, 3.05) is 11.9 Å². The minimum Gasteiger partial charge on any atom is -0.449 e. The zero-order valence-electron chi connectivity index (χ0n) is 11.6. The zero-order valence-corrected chi connectivity index (χ0v) is 11.6. The molecule has 20 heavy (non-hydrogen) atoms. The second kappa shape index (κ2) is 7.34. The molecule has 0 heterocycles. The van der Waals surface area contributed by atoms with Gasteiger partial charge in [0, 0.05) is 5.69 Å². The molecule has 0 atom stereocenters. The first-order chi connectivity index (χ1) is 9.79. The molecule has 0 saturated heterocycles. The van der Waals surface area contributed by atoms with Gasteiger partial charge in [0.05, 0.1) is 6.61 Å². The molecule has 0 saturated carbocycles. The van der Waals surface area contributed by atoms with E-state index < -0.39 is 6.09 Å². The SMILES string of the molecule is CCCCOC(=O)Nc1ccc(-c2ccccc2)cc1. The number of unbranched alkanes of at least 4 members (excludes halogenated alkanes) is 1. The Morgan fingerprint density at radius 3 is 2.30 bits per heavy atom. The number of rotatable bonds is 5. The predicted octanol–water partition coefficient (Wildman–Crippen LogP) is 4.70. The number of hydrogen-bond acceptors (Lipinski definition) is 2. The number of carbonyl (C=O) groups is 1. The highest BCUT2D eigenvalue weighted by molar-refractivity contribution is 5.85. The maximum absolute atomic E-state index is 11.5. The summed E-state index contributed by atoms with van der Waals surface area (Å²) in [5, 5.41) is 2.72. The normalized spacial score (nSPS) is 10.1. The number of anilines is 1. The molecule has 2 aromatic carbocycles. The highest BCUT2D eigenvalue weighted by Crippen LogP contribution is 2.20. The largest absolute Gasteiger partial charge is 0.449 e. The molecule has 0 spiro atoms. The molecule has 0 bridgehead atoms. The molecule has 3 nitrogen and oxygen atoms in total. The average molecular weight is 269 g/mol. The van der Waals surface area contributed by atoms with Gasteiger partial charge in [0.25, 0.3) is 0 Å². The quantitative estimate of drug-likeness (QED) is 0.799. The van der Waals surface area contributed by atoms with Crippen LogP contribution in [0, 0.1) is 0 Å². The first kappa shape index (κ1) is 14.1. The van der Waals surface area contributed by atoms with E-state index in [0.29, 0.717) is 6.61 Å². The number of nitrogens with one attached hydrogen (secondary N) is 1. The molecule has 0 aliphatic rings. The van der Waals surface area contributed by atoms with E-state index >= 15 is 0 Å². The minimum absolute atomic E-state index is 0.397. The van der Waals surface area contributed by atoms with Gasteiger partial charge in [-0.05, 0) is 29.7 Å². The lowest BCUT2D eigenvalue weighted by atomic mass is 10.1. The van der Waals surface area contributed by atoms with E-state index in [1.807, 2.05) is 42.5 Å². The Hall–Kier alpha value is -2.29. The van der Waals surface area contributed by atoms with Gasteiger partial charge in [-0.15, -0.1) is 0 Å². The van der Waals surface area contributed by atoms with Crippen LogP contribution >= 0.6 is 0 Å². The van der Waals surface area contributed by atoms with Gasteiger partial charge in [0.15, 0.2) is 0 Å². The summed E-state index contributed by atoms with van der Waals surface area (Å²) in [4.78, 5) is 11.5. The second-order valence-electron chi connectivity index (χ2n) is 4.56. The fourth-order valence-electron chi connectivity index (χ4n) is 1.84. The first-order valence-corrected chi connectivity index (χ1v) is 6.89. The molecule has 0 aromatic heterocycles. The Morgan fingerprint density at radius 2 is 1.65 bits per heavy atom. The molecule has 1 N–H and O–H groups in total. The van der Waals surface area contributed by atoms with Crippen molar-refractivity contribution in [1.82, 2.24) is 0 Å². The van der Waals surface area contributed by atoms with Gasteiger partial charge in [-0.25, -0.2) is 4.79 Å². The molecule has 0 fully saturated rings. The van der Waals surface area contributed by atoms with Crippen molar-refractivity contribution in [3.63, 3.8) is 0 Å². The maximum Gasteiger partial charge on any atom is 0.411 e. The standard InChI is InChI=1S/C17H19NO2/c1-2-3-13-20-17(19)18-16-11-9-15(10-12-16)14-7-5-4-6-8-14/h4-12H,2-3,13H2,1H3,(H,18,19). The van der Waals surface area contributed by atoms with E-state index in [4.69, 9.17) is 4.74 Å². The molecular weight excluding hydrogens is 250 g/mol. The van der Waals surface area contributed by atoms with Gasteiger partial charge >= 0.3 is 6.09 Å². The topological polar surface area (TPSA) is 38.3 Å². The van der Waals surface area contributed by atoms with E-state index in [1.54, 1.807) is 0 Å². The van der Waals surface area contributed by atoms with Gasteiger partial charge in [-0.3, -0.25) is 5.32 Å². The monoisotopic (exact) mass is 269 g/mol. The van der Waals surface area contributed by atoms with Crippen LogP contribution in [0.4, 0.5) is 10.5 Å². The van der Waals surface area contributed by atoms with E-state index in [-0.39, 0.29) is 0 Å². The van der Waals surface area contributed by atoms with E-state index in [0.717, 1.165) is 29.7 Å². The summed E-state index contributed by atoms with van der Waals surface area (Å²) < 4.78 is 5.05. The van der Waals surface area contributed by atoms with E-state index in [9.17, 15) is 4.79 Å². The number of benzene rings is 2. The highest BCUT2D eigenvalue weighted by atomic mass is 16.5. The Labute approximate surface area is 119 Å². The molecule has 0 aliphatic carbocycles. The molecule has 3 heteroatoms. The Balaban J connectivity index is 1.93. The van der Waals surface area contributed by atoms with Crippen molar-refractivity contribution in [1.29, 1.82) is 0 Å². The molecular formula is C17H19NO2. The summed E-state index contributed by atoms with van der Waals surface area (Å²) in [7, 11) is 0. The lowest BCUT2D eigenvalue weighted by Gasteiger charge is -2.07. The summed E-state index contributed by atoms with van der Waals surface area (Å²) in [5.74, 6) is 0. The van der Waals surface area contributed by atoms with Gasteiger partial charge in [-0.2, -0.15) is 0 Å². The van der Waals surface area contributed by atoms with Crippen molar-refractivity contribution in [3.05, 3.63) is 54.6 Å². The third-order valence-corrected chi connectivity index (χ3v) is 2.97. The average Bonchev–Trinajstić information content (AvgIpc) is 2.49. The minimum atomic E-state index is -0.397. The Kier molecular flexibility index (Phi) is 5.18. The Morgan fingerprint density at radius 1 is 1.00 bits per heavy atom. The maximum atomic E-state index is 11.5. The lowest BCUT2D eigenvalue weighted by molar-refractivity contribution is 0.160. The smallest absolute Gasteiger partial charge is 0.411 e. The molecule has 2 rings (SSSR count). The van der Waals surface area contributed by atoms with Crippen LogP contribution in [-0.4, -0.2) is 12.7 Å². The van der Waals surface area contributed by atoms with Crippen molar-refractivity contribution >= 4 is 11.8 Å². The number of amides is 1. The van der Waals surface area contributed by atoms with Gasteiger partial charge in [0.1, 0.15) is 0 Å². The van der Waals surface area contributed by atoms with Crippen LogP contribution in [0.3, 0.4) is 0 Å². The number of ether oxygens (including phenoxy) is 1. The number of carbonyl (C=O) groups excluding carboxylic acids is 1. The first-order valence-electron chi connectivity index (χ1n) is 6.89. The van der Waals surface area contributed by atoms with Crippen LogP contribution in [0.1, 0.15) is 19.8 Å². The van der Waals surface area contributed by atoms with Crippen LogP contribution in [0.2, 0.25) is 0 Å². The number of hydrogen-bond donors (Lipinski definition) is 1. The highest BCUT2D eigenvalue weighted by Gasteiger charge is 2.03. The van der Waals surface area contributed by atoms with Gasteiger partial charge in [0.2, 0.25) is 0 Å². The van der Waals surface area contributed by atoms with Crippen molar-refractivity contribution in [2.45, 2.75) is 19.8 Å². The van der Waals surface area contributed by atoms with Crippen LogP contribution in [-0.2, 0) is 4.74 Å². The summed E-state index contributed by atoms with van der Waals surface area (Å²) in [6.07, 6.45) is 1.50. The third-order valence-electron chi connectivity index (χ3n) is 2.97. The molecule has 2 aromatic rings. The van der Waals surface area contributed by atoms with Crippen molar-refractivity contribution < 1.29 is 9.53 Å². The van der Waals surface area contributed by atoms with Crippen molar-refractivity contribution in [3.8, 4) is 11.1 Å². The fraction of sp³-hybridized carbons (Fsp3) is 0.235. The van der Waals surface area contributed by atoms with E-state index in [2.05, 4.69) is 24.4 Å². The van der Waals surface area contributed by atoms with Crippen LogP contribution in [0.25, 0.3) is 11.1 Å². The lowest BCUT2D eigenvalue weighted by Crippen LogP contribution is -2.14. The summed E-state index contributed by atoms with van der Waals surface area (Å²) in [5.41, 5.74) is 3.02. The molecule has 0 radical (unpaired) electrons. The van der Waals surface area contributed by atoms with Crippen LogP contribution in [0.15, 0.2) is 54.6 Å². The van der Waals surface area contributed by atoms with Crippen LogP contribution in [0.5, 0.6) is 0 Å². The summed E-state index contributed by atoms with van der Waals surface area (Å²) in [6, 6.07) is 17.8. The zero-order chi connectivity index (χ0) is 14.2. The summed E-state index contributed by atoms with van der Waals surface area (Å²) in [6.45, 7) is 2.52. The van der Waals surface area contributed by atoms with E-state index in [1.165, 1.54) is 0 Å². The second-order valence-corrected chi connectivity index (χ2v) is 4.56. The predicted molar refractivity (Wildman–Crippen MR) is 81.8 cm³/mol. The Bertz CT molecular complexity index is 535. The van der Waals surface area contributed by atoms with Gasteiger partial charge < -0.3 is 4.74 Å². The molecule has 0 aliphatic heterocycles. The van der Waals surface area contributed by atoms with Crippen molar-refractivity contribution in [2.24, 2.45) is 0 Å². The van der Waals surface area contributed by atoms with Gasteiger partial charge in [-0.1, -0.05) is 55.8 Å².